The van der Waals surface area contributed by atoms with Crippen LogP contribution in [0.3, 0.4) is 0 Å². The van der Waals surface area contributed by atoms with Gasteiger partial charge in [-0.1, -0.05) is 37.3 Å². The molecule has 1 aromatic carbocycles. The van der Waals surface area contributed by atoms with Gasteiger partial charge >= 0.3 is 0 Å². The van der Waals surface area contributed by atoms with Crippen molar-refractivity contribution < 1.29 is 4.79 Å². The first-order chi connectivity index (χ1) is 12.9. The minimum Gasteiger partial charge on any atom is -0.341 e. The molecule has 4 bridgehead atoms. The summed E-state index contributed by atoms with van der Waals surface area (Å²) >= 11 is 0. The molecule has 27 heavy (non-hydrogen) atoms. The quantitative estimate of drug-likeness (QED) is 0.867. The Bertz CT molecular complexity index is 777. The van der Waals surface area contributed by atoms with Gasteiger partial charge in [0.05, 0.1) is 5.41 Å². The number of carbonyl (C=O) groups is 1. The van der Waals surface area contributed by atoms with Crippen LogP contribution < -0.4 is 5.32 Å². The molecule has 3 heteroatoms. The van der Waals surface area contributed by atoms with Crippen LogP contribution >= 0.6 is 0 Å². The summed E-state index contributed by atoms with van der Waals surface area (Å²) in [5.41, 5.74) is 2.40. The molecule has 4 aliphatic carbocycles. The monoisotopic (exact) mass is 364 g/mol. The van der Waals surface area contributed by atoms with Crippen molar-refractivity contribution in [1.29, 1.82) is 0 Å². The fourth-order valence-electron chi connectivity index (χ4n) is 8.58. The van der Waals surface area contributed by atoms with Crippen LogP contribution in [-0.4, -0.2) is 37.0 Å². The third kappa shape index (κ3) is 2.27. The van der Waals surface area contributed by atoms with E-state index >= 15 is 0 Å². The highest BCUT2D eigenvalue weighted by atomic mass is 16.2. The van der Waals surface area contributed by atoms with Crippen molar-refractivity contribution in [2.75, 3.05) is 26.2 Å². The summed E-state index contributed by atoms with van der Waals surface area (Å²) in [5.74, 6) is 1.24. The number of likely N-dealkylation sites (tertiary alicyclic amines) is 1. The lowest BCUT2D eigenvalue weighted by Crippen LogP contribution is -2.67. The average Bonchev–Trinajstić information content (AvgIpc) is 3.09. The van der Waals surface area contributed by atoms with Crippen LogP contribution in [0.4, 0.5) is 0 Å². The topological polar surface area (TPSA) is 32.3 Å². The summed E-state index contributed by atoms with van der Waals surface area (Å²) in [4.78, 5) is 16.1. The molecule has 7 rings (SSSR count). The Kier molecular flexibility index (Phi) is 3.18. The van der Waals surface area contributed by atoms with Crippen molar-refractivity contribution in [1.82, 2.24) is 10.2 Å². The van der Waals surface area contributed by atoms with Crippen molar-refractivity contribution in [3.8, 4) is 0 Å². The summed E-state index contributed by atoms with van der Waals surface area (Å²) < 4.78 is 0. The number of amides is 1. The number of rotatable bonds is 2. The molecule has 1 N–H and O–H groups in total. The van der Waals surface area contributed by atoms with E-state index in [0.717, 1.165) is 51.4 Å². The predicted molar refractivity (Wildman–Crippen MR) is 106 cm³/mol. The number of hydrogen-bond acceptors (Lipinski definition) is 2. The molecule has 144 valence electrons. The number of hydrogen-bond donors (Lipinski definition) is 1. The molecule has 2 heterocycles. The zero-order chi connectivity index (χ0) is 18.3. The minimum atomic E-state index is -0.0857. The second kappa shape index (κ2) is 5.17. The Morgan fingerprint density at radius 1 is 1.07 bits per heavy atom. The third-order valence-electron chi connectivity index (χ3n) is 8.86. The zero-order valence-electron chi connectivity index (χ0n) is 16.6. The molecule has 2 saturated heterocycles. The molecule has 6 aliphatic rings. The van der Waals surface area contributed by atoms with Crippen molar-refractivity contribution in [3.63, 3.8) is 0 Å². The van der Waals surface area contributed by atoms with Gasteiger partial charge in [-0.05, 0) is 73.8 Å². The minimum absolute atomic E-state index is 0.0857. The lowest BCUT2D eigenvalue weighted by molar-refractivity contribution is -0.180. The predicted octanol–water partition coefficient (Wildman–Crippen LogP) is 3.74. The van der Waals surface area contributed by atoms with Gasteiger partial charge in [-0.3, -0.25) is 4.79 Å². The van der Waals surface area contributed by atoms with E-state index in [-0.39, 0.29) is 10.8 Å². The first kappa shape index (κ1) is 16.6. The van der Waals surface area contributed by atoms with E-state index < -0.39 is 0 Å². The highest BCUT2D eigenvalue weighted by molar-refractivity contribution is 5.84. The van der Waals surface area contributed by atoms with Gasteiger partial charge in [-0.15, -0.1) is 0 Å². The largest absolute Gasteiger partial charge is 0.341 e. The molecule has 4 atom stereocenters. The van der Waals surface area contributed by atoms with Gasteiger partial charge in [0, 0.05) is 25.0 Å². The molecule has 3 nitrogen and oxygen atoms in total. The van der Waals surface area contributed by atoms with Crippen LogP contribution in [0.5, 0.6) is 0 Å². The number of benzene rings is 1. The second-order valence-corrected chi connectivity index (χ2v) is 11.3. The van der Waals surface area contributed by atoms with E-state index in [0.29, 0.717) is 16.7 Å². The smallest absolute Gasteiger partial charge is 0.228 e. The lowest BCUT2D eigenvalue weighted by atomic mass is 9.38. The van der Waals surface area contributed by atoms with Gasteiger partial charge in [0.2, 0.25) is 5.91 Å². The molecule has 4 saturated carbocycles. The third-order valence-corrected chi connectivity index (χ3v) is 8.86. The van der Waals surface area contributed by atoms with Gasteiger partial charge in [-0.25, -0.2) is 0 Å². The molecule has 1 amide bonds. The van der Waals surface area contributed by atoms with Crippen LogP contribution in [0.25, 0.3) is 0 Å². The fraction of sp³-hybridized carbons (Fsp3) is 0.708. The normalized spacial score (nSPS) is 43.9. The highest BCUT2D eigenvalue weighted by Gasteiger charge is 2.66. The van der Waals surface area contributed by atoms with Gasteiger partial charge in [0.1, 0.15) is 0 Å². The summed E-state index contributed by atoms with van der Waals surface area (Å²) in [6, 6.07) is 11.2. The molecule has 0 radical (unpaired) electrons. The van der Waals surface area contributed by atoms with Crippen LogP contribution in [0, 0.1) is 22.2 Å². The molecule has 2 unspecified atom stereocenters. The average molecular weight is 365 g/mol. The van der Waals surface area contributed by atoms with Gasteiger partial charge in [-0.2, -0.15) is 0 Å². The van der Waals surface area contributed by atoms with Crippen molar-refractivity contribution in [3.05, 3.63) is 35.9 Å². The van der Waals surface area contributed by atoms with Crippen LogP contribution in [-0.2, 0) is 10.2 Å². The van der Waals surface area contributed by atoms with E-state index in [1.165, 1.54) is 31.2 Å². The standard InChI is InChI=1S/C24H32N2O/c1-21-9-18-10-23(12-21,19-5-3-2-4-6-19)14-24(11-18,13-21)20(27)26-16-22(17-26)7-8-25-15-22/h2-6,18,25H,7-17H2,1H3/t18?,21-,23-,24?/m1/s1. The van der Waals surface area contributed by atoms with Gasteiger partial charge in [0.25, 0.3) is 0 Å². The first-order valence-corrected chi connectivity index (χ1v) is 11.0. The zero-order valence-corrected chi connectivity index (χ0v) is 16.6. The van der Waals surface area contributed by atoms with E-state index in [4.69, 9.17) is 0 Å². The van der Waals surface area contributed by atoms with Gasteiger partial charge < -0.3 is 10.2 Å². The maximum atomic E-state index is 13.8. The molecule has 6 fully saturated rings. The Morgan fingerprint density at radius 3 is 2.59 bits per heavy atom. The summed E-state index contributed by atoms with van der Waals surface area (Å²) in [5, 5.41) is 3.51. The second-order valence-electron chi connectivity index (χ2n) is 11.3. The van der Waals surface area contributed by atoms with E-state index in [9.17, 15) is 4.79 Å². The van der Waals surface area contributed by atoms with Crippen LogP contribution in [0.15, 0.2) is 30.3 Å². The van der Waals surface area contributed by atoms with Crippen LogP contribution in [0.2, 0.25) is 0 Å². The SMILES string of the molecule is C[C@]12CC3CC(C(=O)N4CC5(CCNC5)C4)(C1)C[C@@](c1ccccc1)(C3)C2. The highest BCUT2D eigenvalue weighted by Crippen LogP contribution is 2.70. The number of nitrogens with zero attached hydrogens (tertiary/aromatic N) is 1. The first-order valence-electron chi connectivity index (χ1n) is 11.0. The Hall–Kier alpha value is -1.35. The lowest BCUT2D eigenvalue weighted by Gasteiger charge is -2.67. The number of carbonyl (C=O) groups excluding carboxylic acids is 1. The van der Waals surface area contributed by atoms with E-state index in [1.807, 2.05) is 0 Å². The van der Waals surface area contributed by atoms with Crippen molar-refractivity contribution >= 4 is 5.91 Å². The van der Waals surface area contributed by atoms with E-state index in [2.05, 4.69) is 47.5 Å². The fourth-order valence-corrected chi connectivity index (χ4v) is 8.58. The van der Waals surface area contributed by atoms with E-state index in [1.54, 1.807) is 0 Å². The van der Waals surface area contributed by atoms with Crippen molar-refractivity contribution in [2.45, 2.75) is 57.3 Å². The molecular formula is C24H32N2O. The van der Waals surface area contributed by atoms with Gasteiger partial charge in [0.15, 0.2) is 0 Å². The van der Waals surface area contributed by atoms with Crippen molar-refractivity contribution in [2.24, 2.45) is 22.2 Å². The summed E-state index contributed by atoms with van der Waals surface area (Å²) in [6.45, 7) is 6.72. The molecule has 1 spiro atoms. The van der Waals surface area contributed by atoms with Crippen LogP contribution in [0.1, 0.15) is 57.4 Å². The summed E-state index contributed by atoms with van der Waals surface area (Å²) in [7, 11) is 0. The summed E-state index contributed by atoms with van der Waals surface area (Å²) in [6.07, 6.45) is 8.54. The molecule has 2 aliphatic heterocycles. The Morgan fingerprint density at radius 2 is 1.89 bits per heavy atom. The maximum Gasteiger partial charge on any atom is 0.228 e. The molecule has 1 aromatic rings. The Labute approximate surface area is 162 Å². The maximum absolute atomic E-state index is 13.8. The molecule has 0 aromatic heterocycles. The number of nitrogens with one attached hydrogen (secondary N) is 1. The molecular weight excluding hydrogens is 332 g/mol. The Balaban J connectivity index is 1.33.